The maximum Gasteiger partial charge on any atom is 0.387 e. The summed E-state index contributed by atoms with van der Waals surface area (Å²) in [5.74, 6) is -0.325. The van der Waals surface area contributed by atoms with E-state index in [9.17, 15) is 23.7 Å². The fraction of sp³-hybridized carbons (Fsp3) is 0.143. The second kappa shape index (κ2) is 9.16. The van der Waals surface area contributed by atoms with Crippen LogP contribution in [0.25, 0.3) is 0 Å². The van der Waals surface area contributed by atoms with Gasteiger partial charge in [0.1, 0.15) is 17.2 Å². The highest BCUT2D eigenvalue weighted by Gasteiger charge is 2.25. The third-order valence-electron chi connectivity index (χ3n) is 2.97. The fourth-order valence-corrected chi connectivity index (χ4v) is 4.82. The van der Waals surface area contributed by atoms with Crippen molar-refractivity contribution < 1.29 is 23.2 Å². The predicted molar refractivity (Wildman–Crippen MR) is 97.8 cm³/mol. The van der Waals surface area contributed by atoms with Gasteiger partial charge in [0.25, 0.3) is 0 Å². The molecule has 12 heteroatoms. The van der Waals surface area contributed by atoms with Crippen molar-refractivity contribution in [1.82, 2.24) is 4.98 Å². The molecule has 138 valence electrons. The van der Waals surface area contributed by atoms with Gasteiger partial charge in [0.15, 0.2) is 0 Å². The molecule has 1 N–H and O–H groups in total. The number of benzene rings is 1. The van der Waals surface area contributed by atoms with Crippen LogP contribution in [0.4, 0.5) is 20.3 Å². The Morgan fingerprint density at radius 1 is 1.42 bits per heavy atom. The summed E-state index contributed by atoms with van der Waals surface area (Å²) in [5.41, 5.74) is -0.365. The third kappa shape index (κ3) is 5.06. The Morgan fingerprint density at radius 3 is 2.77 bits per heavy atom. The molecule has 0 saturated heterocycles. The van der Waals surface area contributed by atoms with Crippen molar-refractivity contribution in [2.45, 2.75) is 6.61 Å². The zero-order chi connectivity index (χ0) is 19.3. The molecule has 0 saturated carbocycles. The first-order valence-corrected chi connectivity index (χ1v) is 9.55. The average Bonchev–Trinajstić information content (AvgIpc) is 2.54. The number of ether oxygens (including phenoxy) is 1. The molecule has 7 nitrogen and oxygen atoms in total. The first-order valence-electron chi connectivity index (χ1n) is 6.85. The third-order valence-corrected chi connectivity index (χ3v) is 6.15. The number of rotatable bonds is 8. The highest BCUT2D eigenvalue weighted by molar-refractivity contribution is 9.10. The van der Waals surface area contributed by atoms with Gasteiger partial charge in [-0.1, -0.05) is 17.7 Å². The number of halogens is 4. The van der Waals surface area contributed by atoms with Crippen LogP contribution in [-0.4, -0.2) is 29.0 Å². The lowest BCUT2D eigenvalue weighted by atomic mass is 10.3. The number of pyridine rings is 1. The number of alkyl halides is 2. The van der Waals surface area contributed by atoms with E-state index in [0.717, 1.165) is 6.07 Å². The molecule has 1 aromatic heterocycles. The van der Waals surface area contributed by atoms with E-state index in [1.165, 1.54) is 18.2 Å². The summed E-state index contributed by atoms with van der Waals surface area (Å²) < 4.78 is 30.3. The van der Waals surface area contributed by atoms with Crippen molar-refractivity contribution in [3.8, 4) is 5.75 Å². The van der Waals surface area contributed by atoms with Crippen molar-refractivity contribution in [1.29, 1.82) is 0 Å². The van der Waals surface area contributed by atoms with Crippen molar-refractivity contribution in [2.24, 2.45) is 0 Å². The van der Waals surface area contributed by atoms with E-state index in [0.29, 0.717) is 10.8 Å². The molecule has 2 aromatic rings. The number of hydrogen-bond acceptors (Lipinski definition) is 6. The lowest BCUT2D eigenvalue weighted by Gasteiger charge is -2.21. The topological polar surface area (TPSA) is 94.4 Å². The van der Waals surface area contributed by atoms with E-state index in [-0.39, 0.29) is 33.9 Å². The molecule has 1 aromatic carbocycles. The molecule has 0 aliphatic carbocycles. The normalized spacial score (nSPS) is 11.9. The molecule has 26 heavy (non-hydrogen) atoms. The van der Waals surface area contributed by atoms with Crippen LogP contribution in [0.15, 0.2) is 34.8 Å². The fourth-order valence-electron chi connectivity index (χ4n) is 2.00. The van der Waals surface area contributed by atoms with Crippen molar-refractivity contribution in [2.75, 3.05) is 11.2 Å². The number of carbonyl (C=O) groups excluding carboxylic acids is 1. The molecule has 0 aliphatic heterocycles. The van der Waals surface area contributed by atoms with Crippen molar-refractivity contribution in [3.63, 3.8) is 0 Å². The van der Waals surface area contributed by atoms with E-state index in [2.05, 4.69) is 30.7 Å². The summed E-state index contributed by atoms with van der Waals surface area (Å²) in [5, 5.41) is 14.2. The Bertz CT molecular complexity index is 831. The number of nitrogens with one attached hydrogen (secondary N) is 1. The average molecular weight is 469 g/mol. The molecular formula is C14H10BrClF2N3O4P. The molecule has 0 bridgehead atoms. The summed E-state index contributed by atoms with van der Waals surface area (Å²) in [6.07, 6.45) is 0.448. The first kappa shape index (κ1) is 20.4. The second-order valence-corrected chi connectivity index (χ2v) is 7.75. The number of nitro groups is 1. The van der Waals surface area contributed by atoms with Crippen LogP contribution in [0.1, 0.15) is 0 Å². The Hall–Kier alpha value is -1.90. The zero-order valence-electron chi connectivity index (χ0n) is 12.7. The van der Waals surface area contributed by atoms with Gasteiger partial charge in [-0.05, 0) is 34.1 Å². The van der Waals surface area contributed by atoms with Gasteiger partial charge in [-0.3, -0.25) is 10.1 Å². The minimum atomic E-state index is -3.07. The van der Waals surface area contributed by atoms with Crippen molar-refractivity contribution >= 4 is 58.7 Å². The van der Waals surface area contributed by atoms with Crippen LogP contribution in [0.3, 0.4) is 0 Å². The molecule has 1 atom stereocenters. The quantitative estimate of drug-likeness (QED) is 0.204. The molecule has 0 radical (unpaired) electrons. The first-order chi connectivity index (χ1) is 12.3. The van der Waals surface area contributed by atoms with E-state index >= 15 is 0 Å². The largest absolute Gasteiger partial charge is 0.434 e. The van der Waals surface area contributed by atoms with E-state index in [4.69, 9.17) is 11.6 Å². The SMILES string of the molecule is O=CCP(Nc1nc(Cl)ccc1[N+](=O)[O-])c1c(Br)cccc1OC(F)F. The Labute approximate surface area is 160 Å². The van der Waals surface area contributed by atoms with Crippen LogP contribution in [0.2, 0.25) is 5.15 Å². The van der Waals surface area contributed by atoms with Crippen molar-refractivity contribution in [3.05, 3.63) is 50.1 Å². The van der Waals surface area contributed by atoms with Crippen LogP contribution >= 0.6 is 35.6 Å². The summed E-state index contributed by atoms with van der Waals surface area (Å²) in [4.78, 5) is 25.5. The molecule has 0 spiro atoms. The summed E-state index contributed by atoms with van der Waals surface area (Å²) in [6, 6.07) is 6.78. The van der Waals surface area contributed by atoms with Gasteiger partial charge in [-0.25, -0.2) is 4.98 Å². The van der Waals surface area contributed by atoms with Crippen LogP contribution in [-0.2, 0) is 4.79 Å². The van der Waals surface area contributed by atoms with Gasteiger partial charge in [-0.2, -0.15) is 8.78 Å². The number of aromatic nitrogens is 1. The number of hydrogen-bond donors (Lipinski definition) is 1. The summed E-state index contributed by atoms with van der Waals surface area (Å²) in [7, 11) is -1.71. The highest BCUT2D eigenvalue weighted by atomic mass is 79.9. The molecule has 1 heterocycles. The van der Waals surface area contributed by atoms with Gasteiger partial charge in [0.05, 0.1) is 10.2 Å². The van der Waals surface area contributed by atoms with Gasteiger partial charge < -0.3 is 14.6 Å². The molecule has 1 unspecified atom stereocenters. The monoisotopic (exact) mass is 467 g/mol. The van der Waals surface area contributed by atoms with Crippen LogP contribution in [0.5, 0.6) is 5.75 Å². The number of nitrogens with zero attached hydrogens (tertiary/aromatic N) is 2. The Balaban J connectivity index is 2.50. The standard InChI is InChI=1S/C14H10BrClF2N3O4P/c15-8-2-1-3-10(25-14(17)18)12(8)26(7-6-22)20-13-9(21(23)24)4-5-11(16)19-13/h1-6,14H,7H2,(H,19,20). The minimum Gasteiger partial charge on any atom is -0.434 e. The molecule has 0 amide bonds. The maximum atomic E-state index is 12.7. The number of aldehydes is 1. The second-order valence-electron chi connectivity index (χ2n) is 4.61. The molecule has 2 rings (SSSR count). The summed E-state index contributed by atoms with van der Waals surface area (Å²) in [6.45, 7) is -3.07. The van der Waals surface area contributed by atoms with E-state index in [1.54, 1.807) is 6.07 Å². The predicted octanol–water partition coefficient (Wildman–Crippen LogP) is 4.34. The van der Waals surface area contributed by atoms with E-state index in [1.807, 2.05) is 0 Å². The van der Waals surface area contributed by atoms with Crippen LogP contribution < -0.4 is 15.1 Å². The Morgan fingerprint density at radius 2 is 2.15 bits per heavy atom. The zero-order valence-corrected chi connectivity index (χ0v) is 16.0. The lowest BCUT2D eigenvalue weighted by Crippen LogP contribution is -2.18. The smallest absolute Gasteiger partial charge is 0.387 e. The minimum absolute atomic E-state index is 0.00432. The highest BCUT2D eigenvalue weighted by Crippen LogP contribution is 2.42. The number of carbonyl (C=O) groups is 1. The van der Waals surface area contributed by atoms with Gasteiger partial charge in [0, 0.05) is 24.8 Å². The van der Waals surface area contributed by atoms with E-state index < -0.39 is 19.6 Å². The maximum absolute atomic E-state index is 12.7. The molecule has 0 fully saturated rings. The molecule has 0 aliphatic rings. The summed E-state index contributed by atoms with van der Waals surface area (Å²) >= 11 is 9.03. The molecular weight excluding hydrogens is 458 g/mol. The Kier molecular flexibility index (Phi) is 7.19. The van der Waals surface area contributed by atoms with Gasteiger partial charge >= 0.3 is 12.3 Å². The van der Waals surface area contributed by atoms with Gasteiger partial charge in [-0.15, -0.1) is 0 Å². The van der Waals surface area contributed by atoms with Gasteiger partial charge in [0.2, 0.25) is 5.82 Å². The lowest BCUT2D eigenvalue weighted by molar-refractivity contribution is -0.384. The van der Waals surface area contributed by atoms with Crippen LogP contribution in [0, 0.1) is 10.1 Å². The number of anilines is 1.